The first-order valence-electron chi connectivity index (χ1n) is 15.2. The highest BCUT2D eigenvalue weighted by Crippen LogP contribution is 2.29. The number of anilines is 1. The molecule has 2 aromatic carbocycles. The molecule has 3 N–H and O–H groups in total. The number of fused-ring (bicyclic) bond motifs is 4. The molecule has 5 amide bonds. The van der Waals surface area contributed by atoms with Gasteiger partial charge in [-0.1, -0.05) is 24.3 Å². The Bertz CT molecular complexity index is 1490. The van der Waals surface area contributed by atoms with Crippen molar-refractivity contribution in [3.63, 3.8) is 0 Å². The number of urea groups is 2. The summed E-state index contributed by atoms with van der Waals surface area (Å²) in [6.45, 7) is 5.78. The summed E-state index contributed by atoms with van der Waals surface area (Å²) < 4.78 is 0. The number of piperidine rings is 1. The van der Waals surface area contributed by atoms with Crippen molar-refractivity contribution >= 4 is 34.6 Å². The molecule has 11 heteroatoms. The average molecular weight is 571 g/mol. The van der Waals surface area contributed by atoms with Crippen LogP contribution in [0.5, 0.6) is 0 Å². The molecule has 2 saturated heterocycles. The van der Waals surface area contributed by atoms with E-state index >= 15 is 0 Å². The Morgan fingerprint density at radius 2 is 1.76 bits per heavy atom. The SMILES string of the molecule is O=C(NC1Cc2ccc3[nH]ncc3c2CN(CCN2CCCC2)C1=O)N1CCC(N2Cc3ccccc3NC2=O)CC1. The number of nitrogens with zero attached hydrogens (tertiary/aromatic N) is 5. The fourth-order valence-electron chi connectivity index (χ4n) is 7.00. The smallest absolute Gasteiger partial charge is 0.322 e. The van der Waals surface area contributed by atoms with E-state index in [1.165, 1.54) is 12.8 Å². The van der Waals surface area contributed by atoms with Crippen molar-refractivity contribution < 1.29 is 14.4 Å². The lowest BCUT2D eigenvalue weighted by molar-refractivity contribution is -0.133. The Morgan fingerprint density at radius 3 is 2.60 bits per heavy atom. The summed E-state index contributed by atoms with van der Waals surface area (Å²) in [6, 6.07) is 11.1. The molecule has 4 aliphatic heterocycles. The zero-order valence-corrected chi connectivity index (χ0v) is 23.8. The summed E-state index contributed by atoms with van der Waals surface area (Å²) in [4.78, 5) is 48.2. The Morgan fingerprint density at radius 1 is 0.952 bits per heavy atom. The number of hydrogen-bond acceptors (Lipinski definition) is 5. The van der Waals surface area contributed by atoms with Gasteiger partial charge in [0.1, 0.15) is 6.04 Å². The Hall–Kier alpha value is -4.12. The van der Waals surface area contributed by atoms with Crippen molar-refractivity contribution in [1.82, 2.24) is 35.1 Å². The van der Waals surface area contributed by atoms with Crippen molar-refractivity contribution in [2.45, 2.75) is 57.3 Å². The van der Waals surface area contributed by atoms with E-state index < -0.39 is 6.04 Å². The molecule has 1 atom stereocenters. The summed E-state index contributed by atoms with van der Waals surface area (Å²) in [5, 5.41) is 14.4. The van der Waals surface area contributed by atoms with Crippen LogP contribution in [0.2, 0.25) is 0 Å². The predicted octanol–water partition coefficient (Wildman–Crippen LogP) is 3.13. The van der Waals surface area contributed by atoms with E-state index in [2.05, 4.69) is 31.8 Å². The van der Waals surface area contributed by atoms with Gasteiger partial charge in [-0.2, -0.15) is 5.10 Å². The van der Waals surface area contributed by atoms with Crippen molar-refractivity contribution in [1.29, 1.82) is 0 Å². The van der Waals surface area contributed by atoms with Crippen molar-refractivity contribution in [3.8, 4) is 0 Å². The van der Waals surface area contributed by atoms with Crippen LogP contribution < -0.4 is 10.6 Å². The number of aromatic nitrogens is 2. The van der Waals surface area contributed by atoms with E-state index in [0.717, 1.165) is 52.9 Å². The summed E-state index contributed by atoms with van der Waals surface area (Å²) >= 11 is 0. The number of hydrogen-bond donors (Lipinski definition) is 3. The van der Waals surface area contributed by atoms with Crippen LogP contribution in [-0.4, -0.2) is 99.1 Å². The highest BCUT2D eigenvalue weighted by atomic mass is 16.2. The van der Waals surface area contributed by atoms with E-state index in [0.29, 0.717) is 52.0 Å². The number of carbonyl (C=O) groups is 3. The number of amides is 5. The van der Waals surface area contributed by atoms with Crippen molar-refractivity contribution in [2.24, 2.45) is 0 Å². The van der Waals surface area contributed by atoms with Crippen LogP contribution in [0.15, 0.2) is 42.6 Å². The molecule has 0 aliphatic carbocycles. The summed E-state index contributed by atoms with van der Waals surface area (Å²) in [5.41, 5.74) is 5.10. The maximum atomic E-state index is 13.9. The molecule has 0 saturated carbocycles. The van der Waals surface area contributed by atoms with Crippen molar-refractivity contribution in [2.75, 3.05) is 44.6 Å². The normalized spacial score (nSPS) is 21.7. The zero-order valence-electron chi connectivity index (χ0n) is 23.8. The lowest BCUT2D eigenvalue weighted by Crippen LogP contribution is -2.56. The number of H-pyrrole nitrogens is 1. The second-order valence-electron chi connectivity index (χ2n) is 12.0. The summed E-state index contributed by atoms with van der Waals surface area (Å²) in [6.07, 6.45) is 6.09. The minimum atomic E-state index is -0.635. The fraction of sp³-hybridized carbons (Fsp3) is 0.484. The van der Waals surface area contributed by atoms with Crippen LogP contribution in [-0.2, 0) is 24.3 Å². The predicted molar refractivity (Wildman–Crippen MR) is 159 cm³/mol. The topological polar surface area (TPSA) is 117 Å². The Balaban J connectivity index is 1.03. The van der Waals surface area contributed by atoms with Gasteiger partial charge in [-0.05, 0) is 67.6 Å². The molecule has 220 valence electrons. The molecule has 42 heavy (non-hydrogen) atoms. The first-order valence-corrected chi connectivity index (χ1v) is 15.2. The molecule has 1 unspecified atom stereocenters. The van der Waals surface area contributed by atoms with Gasteiger partial charge < -0.3 is 30.2 Å². The van der Waals surface area contributed by atoms with Crippen LogP contribution in [0.25, 0.3) is 10.9 Å². The standard InChI is InChI=1S/C31H38N8O3/c40-29-28(17-21-7-8-27-24(18-32-35-27)25(21)20-38(29)16-15-36-11-3-4-12-36)34-30(41)37-13-9-23(10-14-37)39-19-22-5-1-2-6-26(22)33-31(39)42/h1-2,5-8,18,23,28H,3-4,9-17,19-20H2,(H,32,35)(H,33,42)(H,34,41). The van der Waals surface area contributed by atoms with Gasteiger partial charge >= 0.3 is 12.1 Å². The van der Waals surface area contributed by atoms with Crippen LogP contribution in [0.4, 0.5) is 15.3 Å². The van der Waals surface area contributed by atoms with Gasteiger partial charge in [-0.3, -0.25) is 9.89 Å². The minimum Gasteiger partial charge on any atom is -0.335 e. The highest BCUT2D eigenvalue weighted by molar-refractivity contribution is 5.93. The molecule has 0 radical (unpaired) electrons. The van der Waals surface area contributed by atoms with Gasteiger partial charge in [0.2, 0.25) is 5.91 Å². The van der Waals surface area contributed by atoms with Gasteiger partial charge in [-0.25, -0.2) is 9.59 Å². The average Bonchev–Trinajstić information content (AvgIpc) is 3.69. The lowest BCUT2D eigenvalue weighted by Gasteiger charge is -2.40. The molecule has 0 bridgehead atoms. The fourth-order valence-corrected chi connectivity index (χ4v) is 7.00. The van der Waals surface area contributed by atoms with Gasteiger partial charge in [0.25, 0.3) is 0 Å². The minimum absolute atomic E-state index is 0.0334. The molecule has 5 heterocycles. The number of carbonyl (C=O) groups excluding carboxylic acids is 3. The van der Waals surface area contributed by atoms with E-state index in [-0.39, 0.29) is 24.0 Å². The van der Waals surface area contributed by atoms with Crippen LogP contribution in [0, 0.1) is 0 Å². The Labute approximate surface area is 245 Å². The van der Waals surface area contributed by atoms with Crippen molar-refractivity contribution in [3.05, 3.63) is 59.3 Å². The van der Waals surface area contributed by atoms with E-state index in [4.69, 9.17) is 0 Å². The first-order chi connectivity index (χ1) is 20.5. The molecule has 11 nitrogen and oxygen atoms in total. The second kappa shape index (κ2) is 11.3. The Kier molecular flexibility index (Phi) is 7.19. The number of likely N-dealkylation sites (tertiary alicyclic amines) is 2. The monoisotopic (exact) mass is 570 g/mol. The number of rotatable bonds is 5. The summed E-state index contributed by atoms with van der Waals surface area (Å²) in [7, 11) is 0. The molecule has 4 aliphatic rings. The zero-order chi connectivity index (χ0) is 28.6. The van der Waals surface area contributed by atoms with E-state index in [9.17, 15) is 14.4 Å². The van der Waals surface area contributed by atoms with E-state index in [1.807, 2.05) is 46.3 Å². The second-order valence-corrected chi connectivity index (χ2v) is 12.0. The first kappa shape index (κ1) is 26.8. The van der Waals surface area contributed by atoms with Gasteiger partial charge in [0.15, 0.2) is 0 Å². The van der Waals surface area contributed by atoms with Crippen LogP contribution in [0.1, 0.15) is 42.4 Å². The number of para-hydroxylation sites is 1. The third-order valence-electron chi connectivity index (χ3n) is 9.45. The molecule has 0 spiro atoms. The molecule has 7 rings (SSSR count). The van der Waals surface area contributed by atoms with Crippen LogP contribution >= 0.6 is 0 Å². The number of benzene rings is 2. The molecule has 3 aromatic rings. The molecular weight excluding hydrogens is 532 g/mol. The molecule has 1 aromatic heterocycles. The van der Waals surface area contributed by atoms with E-state index in [1.54, 1.807) is 4.90 Å². The quantitative estimate of drug-likeness (QED) is 0.436. The van der Waals surface area contributed by atoms with Crippen LogP contribution in [0.3, 0.4) is 0 Å². The largest absolute Gasteiger partial charge is 0.335 e. The third-order valence-corrected chi connectivity index (χ3v) is 9.45. The van der Waals surface area contributed by atoms with Gasteiger partial charge in [0.05, 0.1) is 11.7 Å². The molecule has 2 fully saturated rings. The van der Waals surface area contributed by atoms with Gasteiger partial charge in [0, 0.05) is 62.8 Å². The molecular formula is C31H38N8O3. The van der Waals surface area contributed by atoms with Gasteiger partial charge in [-0.15, -0.1) is 0 Å². The maximum absolute atomic E-state index is 13.9. The number of aromatic amines is 1. The summed E-state index contributed by atoms with van der Waals surface area (Å²) in [5.74, 6) is -0.0334. The lowest BCUT2D eigenvalue weighted by atomic mass is 9.98. The maximum Gasteiger partial charge on any atom is 0.322 e. The highest BCUT2D eigenvalue weighted by Gasteiger charge is 2.36. The third kappa shape index (κ3) is 5.17. The number of nitrogens with one attached hydrogen (secondary N) is 3.